The minimum atomic E-state index is -2.83. The molecule has 0 bridgehead atoms. The number of alkyl halides is 2. The van der Waals surface area contributed by atoms with Crippen molar-refractivity contribution < 1.29 is 24.0 Å². The van der Waals surface area contributed by atoms with Crippen molar-refractivity contribution in [1.82, 2.24) is 20.2 Å². The van der Waals surface area contributed by atoms with Gasteiger partial charge in [0.05, 0.1) is 29.6 Å². The summed E-state index contributed by atoms with van der Waals surface area (Å²) >= 11 is 11.4. The van der Waals surface area contributed by atoms with E-state index in [0.717, 1.165) is 4.90 Å². The van der Waals surface area contributed by atoms with Crippen LogP contribution in [0.15, 0.2) is 10.6 Å². The number of amides is 5. The van der Waals surface area contributed by atoms with Crippen molar-refractivity contribution in [3.63, 3.8) is 0 Å². The molecule has 1 aliphatic rings. The van der Waals surface area contributed by atoms with Gasteiger partial charge in [0, 0.05) is 18.3 Å². The highest BCUT2D eigenvalue weighted by atomic mass is 35.5. The van der Waals surface area contributed by atoms with E-state index in [9.17, 15) is 33.8 Å². The van der Waals surface area contributed by atoms with Gasteiger partial charge in [0.15, 0.2) is 5.54 Å². The molecule has 1 unspecified atom stereocenters. The van der Waals surface area contributed by atoms with Crippen LogP contribution < -0.4 is 22.5 Å². The van der Waals surface area contributed by atoms with Gasteiger partial charge in [-0.15, -0.1) is 33.0 Å². The number of nitroso groups, excluding NO2 is 2. The van der Waals surface area contributed by atoms with Crippen molar-refractivity contribution >= 4 is 52.7 Å². The predicted molar refractivity (Wildman–Crippen MR) is 146 cm³/mol. The summed E-state index contributed by atoms with van der Waals surface area (Å²) in [6.45, 7) is 2.47. The molecule has 5 amide bonds. The minimum absolute atomic E-state index is 0.0159. The smallest absolute Gasteiger partial charge is 0.275 e. The van der Waals surface area contributed by atoms with Gasteiger partial charge in [0.25, 0.3) is 17.7 Å². The lowest BCUT2D eigenvalue weighted by Gasteiger charge is -2.40. The molecule has 0 spiro atoms. The number of hydrogen-bond donors (Lipinski definition) is 4. The third kappa shape index (κ3) is 8.05. The lowest BCUT2D eigenvalue weighted by atomic mass is 9.78. The van der Waals surface area contributed by atoms with E-state index in [1.54, 1.807) is 13.8 Å². The van der Waals surface area contributed by atoms with E-state index >= 15 is 0 Å². The van der Waals surface area contributed by atoms with Gasteiger partial charge >= 0.3 is 0 Å². The molecule has 1 saturated heterocycles. The van der Waals surface area contributed by atoms with Gasteiger partial charge in [-0.2, -0.15) is 10.0 Å². The van der Waals surface area contributed by atoms with E-state index in [1.165, 1.54) is 0 Å². The predicted octanol–water partition coefficient (Wildman–Crippen LogP) is -0.846. The Kier molecular flexibility index (Phi) is 14.3. The molecule has 1 aliphatic heterocycles. The van der Waals surface area contributed by atoms with Crippen LogP contribution in [0.25, 0.3) is 0 Å². The Morgan fingerprint density at radius 3 is 2.12 bits per heavy atom. The van der Waals surface area contributed by atoms with Crippen molar-refractivity contribution in [1.29, 1.82) is 0 Å². The fourth-order valence-electron chi connectivity index (χ4n) is 4.52. The molecule has 0 aromatic rings. The molecule has 16 nitrogen and oxygen atoms in total. The summed E-state index contributed by atoms with van der Waals surface area (Å²) in [6.07, 6.45) is 0.252. The van der Waals surface area contributed by atoms with Crippen LogP contribution in [0.1, 0.15) is 39.5 Å². The van der Waals surface area contributed by atoms with E-state index in [1.807, 2.05) is 0 Å². The van der Waals surface area contributed by atoms with Crippen LogP contribution in [-0.4, -0.2) is 100 Å². The van der Waals surface area contributed by atoms with Crippen LogP contribution in [0.4, 0.5) is 0 Å². The number of nitrogens with two attached hydrogens (primary N) is 3. The lowest BCUT2D eigenvalue weighted by Crippen LogP contribution is -2.71. The van der Waals surface area contributed by atoms with Crippen molar-refractivity contribution in [3.05, 3.63) is 9.81 Å². The molecule has 4 atom stereocenters. The molecular formula is C22H37Cl2N9O7. The third-order valence-electron chi connectivity index (χ3n) is 6.62. The van der Waals surface area contributed by atoms with Crippen LogP contribution in [0.3, 0.4) is 0 Å². The van der Waals surface area contributed by atoms with Crippen molar-refractivity contribution in [3.8, 4) is 0 Å². The highest BCUT2D eigenvalue weighted by Crippen LogP contribution is 2.31. The molecule has 0 saturated carbocycles. The molecule has 18 heteroatoms. The molecule has 0 aliphatic carbocycles. The Bertz CT molecular complexity index is 958. The quantitative estimate of drug-likeness (QED) is 0.0693. The summed E-state index contributed by atoms with van der Waals surface area (Å²) in [6, 6.07) is -2.24. The van der Waals surface area contributed by atoms with E-state index in [0.29, 0.717) is 16.4 Å². The van der Waals surface area contributed by atoms with Gasteiger partial charge in [-0.05, 0) is 38.1 Å². The molecule has 40 heavy (non-hydrogen) atoms. The van der Waals surface area contributed by atoms with E-state index in [4.69, 9.17) is 40.4 Å². The normalized spacial score (nSPS) is 17.9. The Morgan fingerprint density at radius 2 is 1.65 bits per heavy atom. The van der Waals surface area contributed by atoms with Crippen molar-refractivity contribution in [2.45, 2.75) is 57.2 Å². The highest BCUT2D eigenvalue weighted by Gasteiger charge is 2.58. The van der Waals surface area contributed by atoms with Crippen LogP contribution in [0.5, 0.6) is 0 Å². The average Bonchev–Trinajstić information content (AvgIpc) is 3.41. The SMILES string of the molecule is CC(C)[C@H](NC(=O)[C@@H]1CCCN1C(=O)[C@](N)(C(=O)N(CCCl)N=O)C(CCCN)C(=O)N(CCCl)N=O)C(N)=O. The summed E-state index contributed by atoms with van der Waals surface area (Å²) < 4.78 is 0. The molecule has 0 aromatic carbocycles. The zero-order chi connectivity index (χ0) is 30.6. The largest absolute Gasteiger partial charge is 0.368 e. The van der Waals surface area contributed by atoms with E-state index in [-0.39, 0.29) is 56.6 Å². The van der Waals surface area contributed by atoms with Gasteiger partial charge in [0.1, 0.15) is 12.1 Å². The average molecular weight is 611 g/mol. The summed E-state index contributed by atoms with van der Waals surface area (Å²) in [4.78, 5) is 90.3. The zero-order valence-corrected chi connectivity index (χ0v) is 24.0. The van der Waals surface area contributed by atoms with Crippen molar-refractivity contribution in [2.75, 3.05) is 37.9 Å². The number of hydrogen-bond acceptors (Lipinski definition) is 11. The summed E-state index contributed by atoms with van der Waals surface area (Å²) in [5, 5.41) is 8.51. The maximum atomic E-state index is 14.1. The zero-order valence-electron chi connectivity index (χ0n) is 22.5. The Balaban J connectivity index is 3.68. The fourth-order valence-corrected chi connectivity index (χ4v) is 4.84. The molecule has 7 N–H and O–H groups in total. The lowest BCUT2D eigenvalue weighted by molar-refractivity contribution is -0.160. The third-order valence-corrected chi connectivity index (χ3v) is 6.96. The van der Waals surface area contributed by atoms with Gasteiger partial charge < -0.3 is 27.4 Å². The van der Waals surface area contributed by atoms with Crippen LogP contribution in [0, 0.1) is 21.6 Å². The Labute approximate surface area is 241 Å². The summed E-state index contributed by atoms with van der Waals surface area (Å²) in [7, 11) is 0. The molecule has 1 heterocycles. The molecule has 0 radical (unpaired) electrons. The van der Waals surface area contributed by atoms with Gasteiger partial charge in [-0.3, -0.25) is 24.0 Å². The number of primary amides is 1. The van der Waals surface area contributed by atoms with Gasteiger partial charge in [0.2, 0.25) is 11.8 Å². The topological polar surface area (TPSA) is 244 Å². The van der Waals surface area contributed by atoms with Gasteiger partial charge in [-0.25, -0.2) is 0 Å². The van der Waals surface area contributed by atoms with Gasteiger partial charge in [-0.1, -0.05) is 13.8 Å². The van der Waals surface area contributed by atoms with Crippen molar-refractivity contribution in [2.24, 2.45) is 39.6 Å². The number of nitrogens with zero attached hydrogens (tertiary/aromatic N) is 5. The van der Waals surface area contributed by atoms with E-state index in [2.05, 4.69) is 15.9 Å². The number of carbonyl (C=O) groups excluding carboxylic acids is 5. The first-order chi connectivity index (χ1) is 18.9. The van der Waals surface area contributed by atoms with Crippen LogP contribution in [-0.2, 0) is 24.0 Å². The maximum absolute atomic E-state index is 14.1. The Hall–Kier alpha value is -2.95. The molecule has 1 rings (SSSR count). The maximum Gasteiger partial charge on any atom is 0.275 e. The Morgan fingerprint density at radius 1 is 1.07 bits per heavy atom. The monoisotopic (exact) mass is 609 g/mol. The first kappa shape index (κ1) is 35.1. The van der Waals surface area contributed by atoms with Crippen LogP contribution in [0.2, 0.25) is 0 Å². The number of nitrogens with one attached hydrogen (secondary N) is 1. The number of carbonyl (C=O) groups is 5. The number of rotatable bonds is 17. The highest BCUT2D eigenvalue weighted by molar-refractivity contribution is 6.19. The number of halogens is 2. The molecule has 0 aromatic heterocycles. The molecule has 1 fully saturated rings. The summed E-state index contributed by atoms with van der Waals surface area (Å²) in [5.41, 5.74) is 14.7. The van der Waals surface area contributed by atoms with E-state index < -0.39 is 59.6 Å². The first-order valence-electron chi connectivity index (χ1n) is 12.7. The van der Waals surface area contributed by atoms with Crippen LogP contribution >= 0.6 is 23.2 Å². The minimum Gasteiger partial charge on any atom is -0.368 e. The second kappa shape index (κ2) is 16.3. The second-order valence-corrected chi connectivity index (χ2v) is 10.3. The summed E-state index contributed by atoms with van der Waals surface area (Å²) in [5.74, 6) is -7.78. The first-order valence-corrected chi connectivity index (χ1v) is 13.8. The fraction of sp³-hybridized carbons (Fsp3) is 0.773. The standard InChI is InChI=1S/C22H37Cl2N9O7/c1-13(2)16(17(26)34)28-18(35)15-6-4-10-31(15)20(37)22(27,21(38)33(30-40)12-8-24)14(5-3-9-25)19(36)32(29-39)11-7-23/h13-16H,3-12,25,27H2,1-2H3,(H2,26,34)(H,28,35)/t14?,15-,16-,22-/m0/s1. The second-order valence-electron chi connectivity index (χ2n) is 9.57. The molecule has 226 valence electrons. The number of likely N-dealkylation sites (tertiary alicyclic amines) is 1. The molecular weight excluding hydrogens is 573 g/mol.